The highest BCUT2D eigenvalue weighted by Crippen LogP contribution is 2.42. The summed E-state index contributed by atoms with van der Waals surface area (Å²) in [6, 6.07) is 27.3. The van der Waals surface area contributed by atoms with E-state index in [1.54, 1.807) is 37.3 Å². The number of carbonyl (C=O) groups excluding carboxylic acids is 1. The van der Waals surface area contributed by atoms with E-state index in [-0.39, 0.29) is 30.5 Å². The van der Waals surface area contributed by atoms with Gasteiger partial charge in [-0.2, -0.15) is 0 Å². The molecule has 0 heterocycles. The van der Waals surface area contributed by atoms with Crippen molar-refractivity contribution in [1.82, 2.24) is 5.32 Å². The third-order valence-electron chi connectivity index (χ3n) is 6.35. The standard InChI is InChI=1S/C29H33NO4S/c1-4-29(35(32,33)26-19-13-8-14-20-26,22-30-23(3)24-15-9-6-10-16-24)27(21-28(31)34-5-2)25-17-11-7-12-18-25/h4,6-20,23,27,30H,1,5,21-22H2,2-3H3/t23-,27-,29+/m0/s1. The van der Waals surface area contributed by atoms with E-state index in [4.69, 9.17) is 4.74 Å². The first kappa shape index (κ1) is 26.4. The van der Waals surface area contributed by atoms with Crippen molar-refractivity contribution in [2.75, 3.05) is 13.2 Å². The second-order valence-electron chi connectivity index (χ2n) is 8.46. The predicted octanol–water partition coefficient (Wildman–Crippen LogP) is 5.47. The van der Waals surface area contributed by atoms with Crippen molar-refractivity contribution in [2.24, 2.45) is 0 Å². The van der Waals surface area contributed by atoms with Gasteiger partial charge in [-0.05, 0) is 37.1 Å². The van der Waals surface area contributed by atoms with Crippen molar-refractivity contribution in [2.45, 2.75) is 41.9 Å². The van der Waals surface area contributed by atoms with Crippen LogP contribution in [0, 0.1) is 0 Å². The van der Waals surface area contributed by atoms with Gasteiger partial charge >= 0.3 is 5.97 Å². The summed E-state index contributed by atoms with van der Waals surface area (Å²) in [6.07, 6.45) is 1.38. The Kier molecular flexibility index (Phi) is 9.01. The van der Waals surface area contributed by atoms with Crippen LogP contribution in [-0.4, -0.2) is 32.3 Å². The lowest BCUT2D eigenvalue weighted by Gasteiger charge is -2.39. The number of nitrogens with one attached hydrogen (secondary N) is 1. The van der Waals surface area contributed by atoms with E-state index >= 15 is 0 Å². The number of sulfone groups is 1. The molecular formula is C29H33NO4S. The van der Waals surface area contributed by atoms with Gasteiger partial charge in [0, 0.05) is 18.5 Å². The van der Waals surface area contributed by atoms with E-state index in [1.165, 1.54) is 6.08 Å². The van der Waals surface area contributed by atoms with E-state index in [9.17, 15) is 13.2 Å². The molecule has 0 aromatic heterocycles. The molecule has 0 spiro atoms. The van der Waals surface area contributed by atoms with Crippen molar-refractivity contribution in [3.63, 3.8) is 0 Å². The highest BCUT2D eigenvalue weighted by Gasteiger charge is 2.50. The minimum Gasteiger partial charge on any atom is -0.466 e. The van der Waals surface area contributed by atoms with Crippen molar-refractivity contribution in [3.05, 3.63) is 115 Å². The average molecular weight is 492 g/mol. The van der Waals surface area contributed by atoms with Gasteiger partial charge in [0.2, 0.25) is 0 Å². The molecule has 0 saturated heterocycles. The fourth-order valence-electron chi connectivity index (χ4n) is 4.37. The van der Waals surface area contributed by atoms with Crippen LogP contribution in [0.4, 0.5) is 0 Å². The van der Waals surface area contributed by atoms with Gasteiger partial charge in [-0.25, -0.2) is 8.42 Å². The Morgan fingerprint density at radius 1 is 0.943 bits per heavy atom. The molecule has 3 aromatic carbocycles. The normalized spacial score (nSPS) is 14.9. The van der Waals surface area contributed by atoms with Crippen LogP contribution in [0.5, 0.6) is 0 Å². The van der Waals surface area contributed by atoms with Gasteiger partial charge in [0.1, 0.15) is 4.75 Å². The van der Waals surface area contributed by atoms with Crippen LogP contribution < -0.4 is 5.32 Å². The molecule has 3 rings (SSSR count). The summed E-state index contributed by atoms with van der Waals surface area (Å²) in [5, 5.41) is 3.42. The molecule has 5 nitrogen and oxygen atoms in total. The lowest BCUT2D eigenvalue weighted by atomic mass is 9.82. The summed E-state index contributed by atoms with van der Waals surface area (Å²) < 4.78 is 32.4. The van der Waals surface area contributed by atoms with E-state index in [2.05, 4.69) is 11.9 Å². The minimum atomic E-state index is -3.99. The second-order valence-corrected chi connectivity index (χ2v) is 10.7. The average Bonchev–Trinajstić information content (AvgIpc) is 2.90. The van der Waals surface area contributed by atoms with Gasteiger partial charge in [0.25, 0.3) is 0 Å². The van der Waals surface area contributed by atoms with Crippen LogP contribution in [0.2, 0.25) is 0 Å². The van der Waals surface area contributed by atoms with Crippen molar-refractivity contribution < 1.29 is 17.9 Å². The molecule has 0 aliphatic carbocycles. The summed E-state index contributed by atoms with van der Waals surface area (Å²) in [7, 11) is -3.99. The fraction of sp³-hybridized carbons (Fsp3) is 0.276. The molecule has 3 aromatic rings. The molecule has 0 aliphatic rings. The summed E-state index contributed by atoms with van der Waals surface area (Å²) in [6.45, 7) is 8.00. The number of rotatable bonds is 12. The van der Waals surface area contributed by atoms with Gasteiger partial charge in [0.15, 0.2) is 9.84 Å². The largest absolute Gasteiger partial charge is 0.466 e. The maximum absolute atomic E-state index is 14.3. The molecular weight excluding hydrogens is 458 g/mol. The molecule has 3 atom stereocenters. The van der Waals surface area contributed by atoms with Gasteiger partial charge in [-0.15, -0.1) is 6.58 Å². The Bertz CT molecular complexity index is 1200. The highest BCUT2D eigenvalue weighted by atomic mass is 32.2. The Morgan fingerprint density at radius 3 is 1.97 bits per heavy atom. The summed E-state index contributed by atoms with van der Waals surface area (Å²) in [4.78, 5) is 12.9. The molecule has 1 N–H and O–H groups in total. The first-order valence-electron chi connectivity index (χ1n) is 11.8. The Balaban J connectivity index is 2.15. The Morgan fingerprint density at radius 2 is 1.46 bits per heavy atom. The summed E-state index contributed by atoms with van der Waals surface area (Å²) in [5.41, 5.74) is 1.76. The Labute approximate surface area is 208 Å². The third-order valence-corrected chi connectivity index (χ3v) is 8.84. The van der Waals surface area contributed by atoms with Crippen LogP contribution in [0.3, 0.4) is 0 Å². The maximum atomic E-state index is 14.3. The second kappa shape index (κ2) is 12.0. The number of benzene rings is 3. The molecule has 0 fully saturated rings. The van der Waals surface area contributed by atoms with Gasteiger partial charge < -0.3 is 10.1 Å². The van der Waals surface area contributed by atoms with Crippen molar-refractivity contribution >= 4 is 15.8 Å². The predicted molar refractivity (Wildman–Crippen MR) is 140 cm³/mol. The van der Waals surface area contributed by atoms with Gasteiger partial charge in [0.05, 0.1) is 17.9 Å². The van der Waals surface area contributed by atoms with Crippen LogP contribution in [0.1, 0.15) is 43.4 Å². The topological polar surface area (TPSA) is 72.5 Å². The lowest BCUT2D eigenvalue weighted by Crippen LogP contribution is -2.51. The van der Waals surface area contributed by atoms with Crippen LogP contribution in [-0.2, 0) is 19.4 Å². The molecule has 0 unspecified atom stereocenters. The van der Waals surface area contributed by atoms with Gasteiger partial charge in [-0.3, -0.25) is 4.79 Å². The smallest absolute Gasteiger partial charge is 0.306 e. The highest BCUT2D eigenvalue weighted by molar-refractivity contribution is 7.93. The zero-order valence-electron chi connectivity index (χ0n) is 20.3. The number of hydrogen-bond acceptors (Lipinski definition) is 5. The first-order valence-corrected chi connectivity index (χ1v) is 13.3. The van der Waals surface area contributed by atoms with Crippen LogP contribution >= 0.6 is 0 Å². The maximum Gasteiger partial charge on any atom is 0.306 e. The zero-order valence-corrected chi connectivity index (χ0v) is 21.1. The number of carbonyl (C=O) groups is 1. The molecule has 6 heteroatoms. The molecule has 35 heavy (non-hydrogen) atoms. The molecule has 0 amide bonds. The summed E-state index contributed by atoms with van der Waals surface area (Å²) >= 11 is 0. The van der Waals surface area contributed by atoms with E-state index in [0.717, 1.165) is 11.1 Å². The van der Waals surface area contributed by atoms with E-state index in [1.807, 2.05) is 67.6 Å². The number of esters is 1. The quantitative estimate of drug-likeness (QED) is 0.269. The van der Waals surface area contributed by atoms with E-state index < -0.39 is 26.5 Å². The zero-order chi connectivity index (χ0) is 25.3. The molecule has 0 saturated carbocycles. The SMILES string of the molecule is C=C[C@@](CN[C@@H](C)c1ccccc1)([C@@H](CC(=O)OCC)c1ccccc1)S(=O)(=O)c1ccccc1. The Hall–Kier alpha value is -3.22. The van der Waals surface area contributed by atoms with Crippen molar-refractivity contribution in [1.29, 1.82) is 0 Å². The van der Waals surface area contributed by atoms with Crippen LogP contribution in [0.25, 0.3) is 0 Å². The van der Waals surface area contributed by atoms with Crippen molar-refractivity contribution in [3.8, 4) is 0 Å². The lowest BCUT2D eigenvalue weighted by molar-refractivity contribution is -0.143. The first-order chi connectivity index (χ1) is 16.9. The molecule has 184 valence electrons. The summed E-state index contributed by atoms with van der Waals surface area (Å²) in [5.74, 6) is -1.17. The molecule has 0 aliphatic heterocycles. The van der Waals surface area contributed by atoms with Crippen LogP contribution in [0.15, 0.2) is 109 Å². The number of hydrogen-bond donors (Lipinski definition) is 1. The fourth-order valence-corrected chi connectivity index (χ4v) is 6.41. The minimum absolute atomic E-state index is 0.0583. The van der Waals surface area contributed by atoms with Gasteiger partial charge in [-0.1, -0.05) is 84.9 Å². The molecule has 0 radical (unpaired) electrons. The monoisotopic (exact) mass is 491 g/mol. The van der Waals surface area contributed by atoms with E-state index in [0.29, 0.717) is 0 Å². The third kappa shape index (κ3) is 5.89. The number of ether oxygens (including phenoxy) is 1. The molecule has 0 bridgehead atoms.